The average molecular weight is 364 g/mol. The number of carbonyl (C=O) groups is 3. The molecular weight excluding hydrogens is 336 g/mol. The van der Waals surface area contributed by atoms with Crippen LogP contribution in [-0.2, 0) is 14.3 Å². The Balaban J connectivity index is 2.33. The molecule has 0 atom stereocenters. The highest BCUT2D eigenvalue weighted by atomic mass is 16.6. The highest BCUT2D eigenvalue weighted by Gasteiger charge is 2.16. The van der Waals surface area contributed by atoms with Gasteiger partial charge in [0.05, 0.1) is 7.11 Å². The average Bonchev–Trinajstić information content (AvgIpc) is 2.56. The molecule has 0 fully saturated rings. The molecule has 7 heteroatoms. The first kappa shape index (κ1) is 21.5. The molecule has 26 heavy (non-hydrogen) atoms. The van der Waals surface area contributed by atoms with Crippen LogP contribution < -0.4 is 10.6 Å². The molecule has 0 aliphatic carbocycles. The number of nitrogens with one attached hydrogen (secondary N) is 2. The van der Waals surface area contributed by atoms with Crippen molar-refractivity contribution in [3.05, 3.63) is 29.8 Å². The van der Waals surface area contributed by atoms with Gasteiger partial charge in [-0.2, -0.15) is 0 Å². The highest BCUT2D eigenvalue weighted by molar-refractivity contribution is 5.95. The molecule has 0 heterocycles. The van der Waals surface area contributed by atoms with E-state index in [2.05, 4.69) is 15.4 Å². The quantitative estimate of drug-likeness (QED) is 0.544. The van der Waals surface area contributed by atoms with Crippen molar-refractivity contribution < 1.29 is 23.9 Å². The molecule has 144 valence electrons. The first-order valence-electron chi connectivity index (χ1n) is 8.66. The number of rotatable bonds is 8. The second-order valence-corrected chi connectivity index (χ2v) is 6.85. The normalized spacial score (nSPS) is 10.8. The second kappa shape index (κ2) is 10.4. The fraction of sp³-hybridized carbons (Fsp3) is 0.526. The molecule has 7 nitrogen and oxygen atoms in total. The number of benzene rings is 1. The molecule has 1 rings (SSSR count). The van der Waals surface area contributed by atoms with Gasteiger partial charge < -0.3 is 14.8 Å². The topological polar surface area (TPSA) is 93.7 Å². The van der Waals surface area contributed by atoms with Crippen LogP contribution in [0.25, 0.3) is 0 Å². The molecule has 1 aromatic carbocycles. The van der Waals surface area contributed by atoms with Crippen molar-refractivity contribution in [1.82, 2.24) is 5.32 Å². The summed E-state index contributed by atoms with van der Waals surface area (Å²) < 4.78 is 9.74. The lowest BCUT2D eigenvalue weighted by Gasteiger charge is -2.19. The van der Waals surface area contributed by atoms with E-state index < -0.39 is 11.7 Å². The van der Waals surface area contributed by atoms with Crippen LogP contribution in [-0.4, -0.2) is 37.2 Å². The van der Waals surface area contributed by atoms with Gasteiger partial charge in [-0.3, -0.25) is 14.9 Å². The van der Waals surface area contributed by atoms with Crippen LogP contribution in [0.3, 0.4) is 0 Å². The van der Waals surface area contributed by atoms with E-state index in [1.54, 1.807) is 45.0 Å². The predicted molar refractivity (Wildman–Crippen MR) is 99.1 cm³/mol. The fourth-order valence-corrected chi connectivity index (χ4v) is 2.10. The Hall–Kier alpha value is -2.57. The van der Waals surface area contributed by atoms with Crippen molar-refractivity contribution in [3.63, 3.8) is 0 Å². The number of hydrogen-bond acceptors (Lipinski definition) is 5. The van der Waals surface area contributed by atoms with E-state index in [1.165, 1.54) is 7.11 Å². The van der Waals surface area contributed by atoms with Crippen molar-refractivity contribution in [2.45, 2.75) is 52.1 Å². The zero-order valence-corrected chi connectivity index (χ0v) is 15.9. The van der Waals surface area contributed by atoms with E-state index >= 15 is 0 Å². The summed E-state index contributed by atoms with van der Waals surface area (Å²) in [5, 5.41) is 5.44. The number of unbranched alkanes of at least 4 members (excludes halogenated alkanes) is 2. The Bertz CT molecular complexity index is 605. The number of ether oxygens (including phenoxy) is 2. The Morgan fingerprint density at radius 3 is 2.23 bits per heavy atom. The number of esters is 1. The number of amides is 2. The highest BCUT2D eigenvalue weighted by Crippen LogP contribution is 2.13. The number of carbonyl (C=O) groups excluding carboxylic acids is 3. The lowest BCUT2D eigenvalue weighted by molar-refractivity contribution is -0.140. The minimum absolute atomic E-state index is 0.179. The van der Waals surface area contributed by atoms with Gasteiger partial charge in [0.25, 0.3) is 5.91 Å². The van der Waals surface area contributed by atoms with Gasteiger partial charge in [-0.25, -0.2) is 4.79 Å². The third-order valence-corrected chi connectivity index (χ3v) is 3.36. The smallest absolute Gasteiger partial charge is 0.412 e. The summed E-state index contributed by atoms with van der Waals surface area (Å²) in [7, 11) is 1.37. The van der Waals surface area contributed by atoms with Gasteiger partial charge in [0, 0.05) is 24.2 Å². The van der Waals surface area contributed by atoms with Gasteiger partial charge in [-0.15, -0.1) is 0 Å². The van der Waals surface area contributed by atoms with Gasteiger partial charge >= 0.3 is 12.1 Å². The first-order valence-corrected chi connectivity index (χ1v) is 8.66. The summed E-state index contributed by atoms with van der Waals surface area (Å²) in [6, 6.07) is 6.57. The molecule has 2 N–H and O–H groups in total. The van der Waals surface area contributed by atoms with E-state index in [-0.39, 0.29) is 11.9 Å². The molecule has 0 bridgehead atoms. The minimum Gasteiger partial charge on any atom is -0.469 e. The summed E-state index contributed by atoms with van der Waals surface area (Å²) in [6.07, 6.45) is 2.24. The van der Waals surface area contributed by atoms with Crippen molar-refractivity contribution in [3.8, 4) is 0 Å². The van der Waals surface area contributed by atoms with Crippen LogP contribution in [0.2, 0.25) is 0 Å². The first-order chi connectivity index (χ1) is 12.2. The van der Waals surface area contributed by atoms with E-state index in [0.717, 1.165) is 19.3 Å². The molecule has 0 aliphatic heterocycles. The molecule has 0 aromatic heterocycles. The molecule has 0 aliphatic rings. The maximum Gasteiger partial charge on any atom is 0.412 e. The molecule has 0 radical (unpaired) electrons. The summed E-state index contributed by atoms with van der Waals surface area (Å²) in [6.45, 7) is 5.90. The standard InChI is InChI=1S/C19H28N2O5/c1-19(2,3)26-18(24)21-15-11-9-14(10-12-15)17(23)20-13-7-5-6-8-16(22)25-4/h9-12H,5-8,13H2,1-4H3,(H,20,23)(H,21,24). The number of anilines is 1. The third-order valence-electron chi connectivity index (χ3n) is 3.36. The largest absolute Gasteiger partial charge is 0.469 e. The van der Waals surface area contributed by atoms with Gasteiger partial charge in [0.1, 0.15) is 5.60 Å². The Labute approximate surface area is 154 Å². The summed E-state index contributed by atoms with van der Waals surface area (Å²) in [4.78, 5) is 34.7. The third kappa shape index (κ3) is 9.05. The Morgan fingerprint density at radius 1 is 1.00 bits per heavy atom. The van der Waals surface area contributed by atoms with Crippen molar-refractivity contribution in [1.29, 1.82) is 0 Å². The second-order valence-electron chi connectivity index (χ2n) is 6.85. The van der Waals surface area contributed by atoms with E-state index in [9.17, 15) is 14.4 Å². The zero-order valence-electron chi connectivity index (χ0n) is 15.9. The molecule has 0 spiro atoms. The van der Waals surface area contributed by atoms with Gasteiger partial charge in [-0.1, -0.05) is 6.42 Å². The maximum absolute atomic E-state index is 12.1. The molecule has 1 aromatic rings. The van der Waals surface area contributed by atoms with Crippen molar-refractivity contribution >= 4 is 23.7 Å². The van der Waals surface area contributed by atoms with Crippen LogP contribution in [0, 0.1) is 0 Å². The lowest BCUT2D eigenvalue weighted by atomic mass is 10.1. The van der Waals surface area contributed by atoms with Gasteiger partial charge in [0.2, 0.25) is 0 Å². The number of hydrogen-bond donors (Lipinski definition) is 2. The molecule has 0 saturated carbocycles. The van der Waals surface area contributed by atoms with Gasteiger partial charge in [-0.05, 0) is 57.9 Å². The van der Waals surface area contributed by atoms with E-state index in [4.69, 9.17) is 4.74 Å². The lowest BCUT2D eigenvalue weighted by Crippen LogP contribution is -2.27. The number of methoxy groups -OCH3 is 1. The van der Waals surface area contributed by atoms with Gasteiger partial charge in [0.15, 0.2) is 0 Å². The summed E-state index contributed by atoms with van der Waals surface area (Å²) in [5.74, 6) is -0.393. The van der Waals surface area contributed by atoms with Crippen LogP contribution in [0.15, 0.2) is 24.3 Å². The van der Waals surface area contributed by atoms with E-state index in [0.29, 0.717) is 24.2 Å². The molecule has 0 saturated heterocycles. The molecule has 2 amide bonds. The SMILES string of the molecule is COC(=O)CCCCCNC(=O)c1ccc(NC(=O)OC(C)(C)C)cc1. The fourth-order valence-electron chi connectivity index (χ4n) is 2.10. The Kier molecular flexibility index (Phi) is 8.61. The zero-order chi connectivity index (χ0) is 19.6. The van der Waals surface area contributed by atoms with E-state index in [1.807, 2.05) is 0 Å². The Morgan fingerprint density at radius 2 is 1.65 bits per heavy atom. The molecular formula is C19H28N2O5. The maximum atomic E-state index is 12.1. The summed E-state index contributed by atoms with van der Waals surface area (Å²) >= 11 is 0. The molecule has 0 unspecified atom stereocenters. The van der Waals surface area contributed by atoms with Crippen molar-refractivity contribution in [2.24, 2.45) is 0 Å². The van der Waals surface area contributed by atoms with Crippen LogP contribution in [0.1, 0.15) is 56.8 Å². The van der Waals surface area contributed by atoms with Crippen molar-refractivity contribution in [2.75, 3.05) is 19.0 Å². The summed E-state index contributed by atoms with van der Waals surface area (Å²) in [5.41, 5.74) is 0.494. The van der Waals surface area contributed by atoms with Crippen LogP contribution in [0.4, 0.5) is 10.5 Å². The predicted octanol–water partition coefficient (Wildman–Crippen LogP) is 3.50. The van der Waals surface area contributed by atoms with Crippen LogP contribution >= 0.6 is 0 Å². The monoisotopic (exact) mass is 364 g/mol. The van der Waals surface area contributed by atoms with Crippen LogP contribution in [0.5, 0.6) is 0 Å². The minimum atomic E-state index is -0.569.